The lowest BCUT2D eigenvalue weighted by Crippen LogP contribution is -2.62. The van der Waals surface area contributed by atoms with Crippen LogP contribution >= 0.6 is 0 Å². The largest absolute Gasteiger partial charge is 0.463 e. The van der Waals surface area contributed by atoms with Gasteiger partial charge < -0.3 is 38.5 Å². The van der Waals surface area contributed by atoms with Gasteiger partial charge in [0.1, 0.15) is 37.1 Å². The third-order valence-electron chi connectivity index (χ3n) is 7.19. The first-order valence-corrected chi connectivity index (χ1v) is 16.1. The molecule has 1 aliphatic rings. The van der Waals surface area contributed by atoms with E-state index in [1.807, 2.05) is 30.3 Å². The number of benzene rings is 2. The van der Waals surface area contributed by atoms with Crippen LogP contribution in [0.4, 0.5) is 4.79 Å². The first-order valence-electron chi connectivity index (χ1n) is 16.1. The molecule has 1 amide bonds. The molecule has 2 aromatic rings. The Kier molecular flexibility index (Phi) is 14.3. The molecule has 272 valence electrons. The molecule has 0 unspecified atom stereocenters. The van der Waals surface area contributed by atoms with Crippen LogP contribution in [0.2, 0.25) is 0 Å². The Bertz CT molecular complexity index is 1490. The maximum atomic E-state index is 13.2. The van der Waals surface area contributed by atoms with Crippen LogP contribution in [0.3, 0.4) is 0 Å². The van der Waals surface area contributed by atoms with E-state index in [1.54, 1.807) is 45.0 Å². The number of ether oxygens (including phenoxy) is 7. The number of hydrogen-bond donors (Lipinski definition) is 1. The fourth-order valence-corrected chi connectivity index (χ4v) is 5.23. The summed E-state index contributed by atoms with van der Waals surface area (Å²) in [5, 5.41) is 2.61. The topological polar surface area (TPSA) is 179 Å². The monoisotopic (exact) mass is 699 g/mol. The lowest BCUT2D eigenvalue weighted by Gasteiger charge is -2.44. The third-order valence-corrected chi connectivity index (χ3v) is 7.19. The van der Waals surface area contributed by atoms with Crippen molar-refractivity contribution < 1.29 is 61.9 Å². The highest BCUT2D eigenvalue weighted by Gasteiger charge is 2.52. The molecule has 50 heavy (non-hydrogen) atoms. The number of rotatable bonds is 13. The van der Waals surface area contributed by atoms with Crippen LogP contribution in [0.1, 0.15) is 65.2 Å². The number of carbonyl (C=O) groups excluding carboxylic acids is 6. The van der Waals surface area contributed by atoms with Gasteiger partial charge in [-0.15, -0.1) is 0 Å². The molecule has 1 heterocycles. The Labute approximate surface area is 291 Å². The van der Waals surface area contributed by atoms with Gasteiger partial charge in [0, 0.05) is 40.5 Å². The van der Waals surface area contributed by atoms with Crippen LogP contribution in [0, 0.1) is 0 Å². The molecule has 14 nitrogen and oxygen atoms in total. The first-order chi connectivity index (χ1) is 23.5. The summed E-state index contributed by atoms with van der Waals surface area (Å²) in [5.41, 5.74) is 1.36. The molecule has 1 aliphatic heterocycles. The van der Waals surface area contributed by atoms with Crippen molar-refractivity contribution in [3.8, 4) is 0 Å². The zero-order chi connectivity index (χ0) is 37.0. The molecule has 1 saturated heterocycles. The zero-order valence-electron chi connectivity index (χ0n) is 29.3. The van der Waals surface area contributed by atoms with Crippen LogP contribution in [-0.2, 0) is 76.6 Å². The summed E-state index contributed by atoms with van der Waals surface area (Å²) in [4.78, 5) is 73.7. The molecular formula is C36H45NO13. The summed E-state index contributed by atoms with van der Waals surface area (Å²) in [7, 11) is 0. The Morgan fingerprint density at radius 2 is 1.22 bits per heavy atom. The molecule has 0 radical (unpaired) electrons. The van der Waals surface area contributed by atoms with Crippen LogP contribution < -0.4 is 5.32 Å². The lowest BCUT2D eigenvalue weighted by atomic mass is 9.90. The maximum absolute atomic E-state index is 13.2. The molecule has 0 aromatic heterocycles. The van der Waals surface area contributed by atoms with Gasteiger partial charge in [-0.05, 0) is 37.5 Å². The molecule has 3 rings (SSSR count). The van der Waals surface area contributed by atoms with Gasteiger partial charge in [-0.2, -0.15) is 0 Å². The van der Waals surface area contributed by atoms with Gasteiger partial charge in [0.05, 0.1) is 0 Å². The summed E-state index contributed by atoms with van der Waals surface area (Å²) in [6.07, 6.45) is -6.31. The van der Waals surface area contributed by atoms with E-state index < -0.39 is 78.1 Å². The summed E-state index contributed by atoms with van der Waals surface area (Å²) in [5.74, 6) is -3.41. The number of carbonyl (C=O) groups is 6. The quantitative estimate of drug-likeness (QED) is 0.237. The number of esters is 5. The normalized spacial score (nSPS) is 20.7. The smallest absolute Gasteiger partial charge is 0.408 e. The predicted octanol–water partition coefficient (Wildman–Crippen LogP) is 3.53. The van der Waals surface area contributed by atoms with Crippen molar-refractivity contribution in [2.45, 2.75) is 110 Å². The van der Waals surface area contributed by atoms with Gasteiger partial charge in [-0.1, -0.05) is 54.6 Å². The van der Waals surface area contributed by atoms with E-state index in [-0.39, 0.29) is 26.1 Å². The van der Waals surface area contributed by atoms with Crippen molar-refractivity contribution in [2.75, 3.05) is 6.61 Å². The minimum absolute atomic E-state index is 0.0150. The van der Waals surface area contributed by atoms with Crippen molar-refractivity contribution in [1.29, 1.82) is 0 Å². The minimum Gasteiger partial charge on any atom is -0.463 e. The average Bonchev–Trinajstić information content (AvgIpc) is 3.01. The van der Waals surface area contributed by atoms with E-state index in [0.717, 1.165) is 19.4 Å². The molecule has 0 saturated carbocycles. The van der Waals surface area contributed by atoms with Crippen molar-refractivity contribution in [3.63, 3.8) is 0 Å². The first kappa shape index (κ1) is 39.5. The van der Waals surface area contributed by atoms with E-state index in [2.05, 4.69) is 5.32 Å². The maximum Gasteiger partial charge on any atom is 0.408 e. The van der Waals surface area contributed by atoms with Gasteiger partial charge >= 0.3 is 35.9 Å². The number of amides is 1. The molecule has 1 N–H and O–H groups in total. The fraction of sp³-hybridized carbons (Fsp3) is 0.500. The van der Waals surface area contributed by atoms with Gasteiger partial charge in [0.2, 0.25) is 0 Å². The van der Waals surface area contributed by atoms with E-state index in [9.17, 15) is 28.8 Å². The van der Waals surface area contributed by atoms with Crippen molar-refractivity contribution in [1.82, 2.24) is 5.32 Å². The van der Waals surface area contributed by atoms with Gasteiger partial charge in [0.15, 0.2) is 18.3 Å². The molecule has 6 atom stereocenters. The number of alkyl carbamates (subject to hydrolysis) is 1. The Balaban J connectivity index is 1.84. The van der Waals surface area contributed by atoms with Crippen LogP contribution in [0.25, 0.3) is 0 Å². The van der Waals surface area contributed by atoms with Crippen LogP contribution in [0.15, 0.2) is 54.6 Å². The molecule has 0 bridgehead atoms. The second-order valence-electron chi connectivity index (χ2n) is 12.8. The second-order valence-corrected chi connectivity index (χ2v) is 12.8. The number of nitrogens with one attached hydrogen (secondary N) is 1. The highest BCUT2D eigenvalue weighted by atomic mass is 16.7. The van der Waals surface area contributed by atoms with Gasteiger partial charge in [-0.3, -0.25) is 19.2 Å². The fourth-order valence-electron chi connectivity index (χ4n) is 5.23. The lowest BCUT2D eigenvalue weighted by molar-refractivity contribution is -0.252. The van der Waals surface area contributed by atoms with E-state index in [4.69, 9.17) is 33.2 Å². The zero-order valence-corrected chi connectivity index (χ0v) is 29.3. The van der Waals surface area contributed by atoms with E-state index in [1.165, 1.54) is 13.8 Å². The summed E-state index contributed by atoms with van der Waals surface area (Å²) in [6.45, 7) is 9.49. The molecule has 1 fully saturated rings. The van der Waals surface area contributed by atoms with Crippen molar-refractivity contribution in [3.05, 3.63) is 71.3 Å². The predicted molar refractivity (Wildman–Crippen MR) is 175 cm³/mol. The Morgan fingerprint density at radius 1 is 0.680 bits per heavy atom. The summed E-state index contributed by atoms with van der Waals surface area (Å²) in [6, 6.07) is 15.0. The Hall–Kier alpha value is -4.98. The average molecular weight is 700 g/mol. The Morgan fingerprint density at radius 3 is 1.76 bits per heavy atom. The SMILES string of the molecule is CC(=O)OC[C@H]1O[C@H](Cc2ccc(C[C@H](NC(=O)OC(C)(C)C)C(=O)OCc3ccccc3)cc2)[C@@H](OC(C)=O)[C@@H](OC(C)=O)[C@@H]1OC(C)=O. The summed E-state index contributed by atoms with van der Waals surface area (Å²) < 4.78 is 38.7. The van der Waals surface area contributed by atoms with Crippen LogP contribution in [0.5, 0.6) is 0 Å². The van der Waals surface area contributed by atoms with Crippen molar-refractivity contribution in [2.24, 2.45) is 0 Å². The van der Waals surface area contributed by atoms with Crippen LogP contribution in [-0.4, -0.2) is 84.7 Å². The number of hydrogen-bond acceptors (Lipinski definition) is 13. The van der Waals surface area contributed by atoms with Crippen molar-refractivity contribution >= 4 is 35.9 Å². The molecule has 2 aromatic carbocycles. The standard InChI is InChI=1S/C36H45NO13/c1-21(38)44-20-30-32(47-23(3)40)33(48-24(4)41)31(46-22(2)39)29(49-30)18-26-15-13-25(14-16-26)17-28(37-35(43)50-36(5,6)7)34(42)45-19-27-11-9-8-10-12-27/h8-16,28-33H,17-20H2,1-7H3,(H,37,43)/t28-,29+,30+,31+,32+,33+/m0/s1. The second kappa shape index (κ2) is 18.1. The van der Waals surface area contributed by atoms with E-state index in [0.29, 0.717) is 11.1 Å². The van der Waals surface area contributed by atoms with E-state index >= 15 is 0 Å². The minimum atomic E-state index is -1.28. The highest BCUT2D eigenvalue weighted by molar-refractivity contribution is 5.81. The highest BCUT2D eigenvalue weighted by Crippen LogP contribution is 2.31. The molecular weight excluding hydrogens is 654 g/mol. The van der Waals surface area contributed by atoms with Gasteiger partial charge in [0.25, 0.3) is 0 Å². The van der Waals surface area contributed by atoms with Gasteiger partial charge in [-0.25, -0.2) is 9.59 Å². The molecule has 0 spiro atoms. The molecule has 14 heteroatoms. The summed E-state index contributed by atoms with van der Waals surface area (Å²) >= 11 is 0. The third kappa shape index (κ3) is 13.1. The molecule has 0 aliphatic carbocycles.